The summed E-state index contributed by atoms with van der Waals surface area (Å²) in [4.78, 5) is 20.3. The molecule has 1 aliphatic heterocycles. The Morgan fingerprint density at radius 1 is 1.32 bits per heavy atom. The van der Waals surface area contributed by atoms with Crippen LogP contribution in [0.5, 0.6) is 0 Å². The van der Waals surface area contributed by atoms with Gasteiger partial charge in [-0.15, -0.1) is 0 Å². The van der Waals surface area contributed by atoms with Crippen LogP contribution < -0.4 is 4.90 Å². The van der Waals surface area contributed by atoms with Crippen LogP contribution in [-0.2, 0) is 23.0 Å². The third-order valence-electron chi connectivity index (χ3n) is 4.33. The van der Waals surface area contributed by atoms with Gasteiger partial charge in [0.05, 0.1) is 0 Å². The SMILES string of the molecule is C[C@H]1CN(C(=O)OC(C)(C)C)CCN1c1nc2cc(Cl)cc(S(C)(=O)=O)c2o1.[I][Cu][I]. The molecule has 2 aromatic rings. The van der Waals surface area contributed by atoms with Gasteiger partial charge in [-0.25, -0.2) is 13.2 Å². The number of nitrogens with zero attached hydrogens (tertiary/aromatic N) is 3. The summed E-state index contributed by atoms with van der Waals surface area (Å²) in [6.07, 6.45) is 0.741. The summed E-state index contributed by atoms with van der Waals surface area (Å²) in [5.74, 6) is 0. The number of fused-ring (bicyclic) bond motifs is 1. The van der Waals surface area contributed by atoms with Crippen LogP contribution in [0.4, 0.5) is 10.8 Å². The predicted molar refractivity (Wildman–Crippen MR) is 135 cm³/mol. The molecule has 2 heterocycles. The van der Waals surface area contributed by atoms with Crippen molar-refractivity contribution in [3.63, 3.8) is 0 Å². The normalized spacial score (nSPS) is 17.5. The number of halogens is 3. The van der Waals surface area contributed by atoms with Crippen LogP contribution in [0.25, 0.3) is 11.1 Å². The molecule has 13 heteroatoms. The van der Waals surface area contributed by atoms with E-state index in [-0.39, 0.29) is 27.6 Å². The van der Waals surface area contributed by atoms with Crippen molar-refractivity contribution in [2.75, 3.05) is 30.8 Å². The maximum atomic E-state index is 12.3. The van der Waals surface area contributed by atoms with Gasteiger partial charge in [-0.1, -0.05) is 11.6 Å². The van der Waals surface area contributed by atoms with Gasteiger partial charge in [0.1, 0.15) is 16.0 Å². The third-order valence-corrected chi connectivity index (χ3v) is 5.65. The molecule has 0 unspecified atom stereocenters. The molecule has 0 radical (unpaired) electrons. The summed E-state index contributed by atoms with van der Waals surface area (Å²) < 4.78 is 35.4. The van der Waals surface area contributed by atoms with E-state index in [0.29, 0.717) is 31.2 Å². The molecule has 1 aromatic heterocycles. The zero-order chi connectivity index (χ0) is 23.6. The predicted octanol–water partition coefficient (Wildman–Crippen LogP) is 5.10. The third kappa shape index (κ3) is 7.49. The Balaban J connectivity index is 0.00000107. The summed E-state index contributed by atoms with van der Waals surface area (Å²) in [6, 6.07) is 3.14. The second-order valence-corrected chi connectivity index (χ2v) is 18.4. The van der Waals surface area contributed by atoms with Gasteiger partial charge in [0, 0.05) is 37.0 Å². The van der Waals surface area contributed by atoms with E-state index < -0.39 is 15.4 Å². The van der Waals surface area contributed by atoms with Gasteiger partial charge in [-0.05, 0) is 39.8 Å². The number of aromatic nitrogens is 1. The first-order valence-corrected chi connectivity index (χ1v) is 17.5. The number of hydrogen-bond donors (Lipinski definition) is 0. The topological polar surface area (TPSA) is 93.0 Å². The van der Waals surface area contributed by atoms with Crippen LogP contribution >= 0.6 is 52.3 Å². The van der Waals surface area contributed by atoms with Gasteiger partial charge in [0.2, 0.25) is 0 Å². The van der Waals surface area contributed by atoms with Crippen molar-refractivity contribution >= 4 is 85.3 Å². The minimum absolute atomic E-state index is 0.00814. The van der Waals surface area contributed by atoms with E-state index in [4.69, 9.17) is 20.8 Å². The average molecular weight is 747 g/mol. The Bertz CT molecular complexity index is 1040. The van der Waals surface area contributed by atoms with Crippen LogP contribution in [0.15, 0.2) is 21.4 Å². The summed E-state index contributed by atoms with van der Waals surface area (Å²) in [7, 11) is -1.77. The van der Waals surface area contributed by atoms with Crippen molar-refractivity contribution in [3.8, 4) is 0 Å². The van der Waals surface area contributed by atoms with E-state index in [1.54, 1.807) is 19.4 Å². The van der Waals surface area contributed by atoms with Crippen molar-refractivity contribution in [2.45, 2.75) is 44.2 Å². The molecular formula is C18H24ClCuI2N3O5S. The van der Waals surface area contributed by atoms with Crippen molar-refractivity contribution in [2.24, 2.45) is 0 Å². The quantitative estimate of drug-likeness (QED) is 0.312. The van der Waals surface area contributed by atoms with Crippen LogP contribution in [0, 0.1) is 0 Å². The molecule has 1 aliphatic rings. The van der Waals surface area contributed by atoms with E-state index in [2.05, 4.69) is 45.7 Å². The molecule has 1 atom stereocenters. The van der Waals surface area contributed by atoms with Crippen LogP contribution in [-0.4, -0.2) is 61.9 Å². The number of carbonyl (C=O) groups excluding carboxylic acids is 1. The Hall–Kier alpha value is -0.0205. The summed E-state index contributed by atoms with van der Waals surface area (Å²) >= 11 is 10.4. The van der Waals surface area contributed by atoms with Crippen LogP contribution in [0.3, 0.4) is 0 Å². The van der Waals surface area contributed by atoms with E-state index in [1.165, 1.54) is 6.07 Å². The number of oxazole rings is 1. The zero-order valence-corrected chi connectivity index (χ0v) is 24.4. The first-order valence-electron chi connectivity index (χ1n) is 9.12. The van der Waals surface area contributed by atoms with Crippen molar-refractivity contribution in [1.29, 1.82) is 0 Å². The Kier molecular flexibility index (Phi) is 9.61. The van der Waals surface area contributed by atoms with Crippen LogP contribution in [0.1, 0.15) is 27.7 Å². The fourth-order valence-corrected chi connectivity index (χ4v) is 4.19. The summed E-state index contributed by atoms with van der Waals surface area (Å²) in [5, 5.41) is 0.274. The van der Waals surface area contributed by atoms with Gasteiger partial charge in [0.25, 0.3) is 6.01 Å². The van der Waals surface area contributed by atoms with Gasteiger partial charge in [-0.3, -0.25) is 0 Å². The standard InChI is InChI=1S/C18H24ClN3O5S.Cu.2HI/c1-11-10-21(17(23)27-18(2,3)4)6-7-22(11)16-20-13-8-12(19)9-14(15(13)26-16)28(5,24)25;;;/h8-9,11H,6-7,10H2,1-5H3;;2*1H/q;+2;;/p-2/t11-;;;/m0.../s1. The van der Waals surface area contributed by atoms with Gasteiger partial charge in [0.15, 0.2) is 15.4 Å². The van der Waals surface area contributed by atoms with E-state index in [0.717, 1.165) is 6.26 Å². The summed E-state index contributed by atoms with van der Waals surface area (Å²) in [6.45, 7) is 8.78. The maximum absolute atomic E-state index is 12.3. The number of sulfone groups is 1. The number of rotatable bonds is 2. The van der Waals surface area contributed by atoms with Gasteiger partial charge >= 0.3 is 55.2 Å². The molecule has 31 heavy (non-hydrogen) atoms. The molecule has 0 spiro atoms. The number of piperazine rings is 1. The molecule has 8 nitrogen and oxygen atoms in total. The monoisotopic (exact) mass is 746 g/mol. The van der Waals surface area contributed by atoms with Crippen molar-refractivity contribution in [3.05, 3.63) is 17.2 Å². The Labute approximate surface area is 216 Å². The second kappa shape index (κ2) is 10.9. The Morgan fingerprint density at radius 3 is 2.45 bits per heavy atom. The fourth-order valence-electron chi connectivity index (χ4n) is 3.09. The van der Waals surface area contributed by atoms with Gasteiger partial charge < -0.3 is 19.0 Å². The number of ether oxygens (including phenoxy) is 1. The van der Waals surface area contributed by atoms with Crippen molar-refractivity contribution < 1.29 is 30.8 Å². The van der Waals surface area contributed by atoms with E-state index in [9.17, 15) is 13.2 Å². The molecule has 0 saturated carbocycles. The van der Waals surface area contributed by atoms with E-state index in [1.807, 2.05) is 32.6 Å². The molecule has 0 N–H and O–H groups in total. The number of hydrogen-bond acceptors (Lipinski definition) is 7. The molecule has 0 aliphatic carbocycles. The molecule has 179 valence electrons. The fraction of sp³-hybridized carbons (Fsp3) is 0.556. The molecule has 3 rings (SSSR count). The first kappa shape index (κ1) is 27.2. The van der Waals surface area contributed by atoms with E-state index >= 15 is 0 Å². The molecule has 0 bridgehead atoms. The number of amides is 1. The minimum atomic E-state index is -3.53. The van der Waals surface area contributed by atoms with Crippen LogP contribution in [0.2, 0.25) is 5.02 Å². The number of benzene rings is 1. The Morgan fingerprint density at radius 2 is 1.94 bits per heavy atom. The number of anilines is 1. The van der Waals surface area contributed by atoms with Gasteiger partial charge in [-0.2, -0.15) is 4.98 Å². The molecule has 1 aromatic carbocycles. The molecule has 1 saturated heterocycles. The average Bonchev–Trinajstić information content (AvgIpc) is 3.02. The molecule has 1 amide bonds. The number of carbonyl (C=O) groups is 1. The second-order valence-electron chi connectivity index (χ2n) is 8.03. The zero-order valence-electron chi connectivity index (χ0n) is 17.6. The molecule has 1 fully saturated rings. The van der Waals surface area contributed by atoms with Crippen molar-refractivity contribution in [1.82, 2.24) is 9.88 Å². The first-order chi connectivity index (χ1) is 14.3. The summed E-state index contributed by atoms with van der Waals surface area (Å²) in [5.41, 5.74) is 0.00682. The molecular weight excluding hydrogens is 723 g/mol.